The van der Waals surface area contributed by atoms with Crippen molar-refractivity contribution in [2.45, 2.75) is 34.2 Å². The molecule has 1 aromatic heterocycles. The number of aryl methyl sites for hydroxylation is 1. The van der Waals surface area contributed by atoms with Gasteiger partial charge in [-0.25, -0.2) is 0 Å². The molecule has 8 nitrogen and oxygen atoms in total. The molecular weight excluding hydrogens is 340 g/mol. The van der Waals surface area contributed by atoms with Crippen LogP contribution in [0.1, 0.15) is 27.7 Å². The number of esters is 1. The smallest absolute Gasteiger partial charge is 0.308 e. The Bertz CT molecular complexity index is 954. The van der Waals surface area contributed by atoms with E-state index in [4.69, 9.17) is 9.47 Å². The summed E-state index contributed by atoms with van der Waals surface area (Å²) >= 11 is 0. The standard InChI is InChI=1S/C18H20N2O6/c1-5-19-15-10-13(20(23)24)6-7-14(15)16(25-9-8-11(2)3)17(18(19)22)26-12(4)21/h6-8,10H,5,9H2,1-4H3. The van der Waals surface area contributed by atoms with Crippen molar-refractivity contribution in [1.82, 2.24) is 4.57 Å². The van der Waals surface area contributed by atoms with Crippen LogP contribution in [0.4, 0.5) is 5.69 Å². The van der Waals surface area contributed by atoms with Crippen molar-refractivity contribution >= 4 is 22.6 Å². The second-order valence-corrected chi connectivity index (χ2v) is 5.85. The summed E-state index contributed by atoms with van der Waals surface area (Å²) in [5, 5.41) is 11.5. The highest BCUT2D eigenvalue weighted by Crippen LogP contribution is 2.34. The van der Waals surface area contributed by atoms with Crippen molar-refractivity contribution in [3.8, 4) is 11.5 Å². The molecule has 0 bridgehead atoms. The van der Waals surface area contributed by atoms with Gasteiger partial charge in [0.1, 0.15) is 6.61 Å². The summed E-state index contributed by atoms with van der Waals surface area (Å²) in [5.41, 5.74) is 0.633. The predicted molar refractivity (Wildman–Crippen MR) is 96.8 cm³/mol. The molecule has 1 heterocycles. The molecule has 0 fully saturated rings. The molecule has 0 amide bonds. The first-order chi connectivity index (χ1) is 12.3. The number of rotatable bonds is 6. The minimum absolute atomic E-state index is 0.0947. The van der Waals surface area contributed by atoms with Gasteiger partial charge in [0, 0.05) is 31.0 Å². The molecule has 2 rings (SSSR count). The first kappa shape index (κ1) is 19.2. The second kappa shape index (κ2) is 7.81. The van der Waals surface area contributed by atoms with Gasteiger partial charge in [0.15, 0.2) is 5.75 Å². The molecule has 0 aliphatic carbocycles. The zero-order chi connectivity index (χ0) is 19.4. The molecule has 0 spiro atoms. The third-order valence-electron chi connectivity index (χ3n) is 3.65. The molecule has 0 saturated carbocycles. The summed E-state index contributed by atoms with van der Waals surface area (Å²) < 4.78 is 12.1. The summed E-state index contributed by atoms with van der Waals surface area (Å²) in [6, 6.07) is 4.12. The van der Waals surface area contributed by atoms with E-state index in [1.807, 2.05) is 13.8 Å². The van der Waals surface area contributed by atoms with Gasteiger partial charge in [-0.3, -0.25) is 19.7 Å². The predicted octanol–water partition coefficient (Wildman–Crippen LogP) is 3.20. The van der Waals surface area contributed by atoms with Crippen LogP contribution in [0.2, 0.25) is 0 Å². The highest BCUT2D eigenvalue weighted by atomic mass is 16.6. The topological polar surface area (TPSA) is 101 Å². The largest absolute Gasteiger partial charge is 0.485 e. The minimum Gasteiger partial charge on any atom is -0.485 e. The Morgan fingerprint density at radius 3 is 2.50 bits per heavy atom. The Hall–Kier alpha value is -3.16. The zero-order valence-corrected chi connectivity index (χ0v) is 15.1. The van der Waals surface area contributed by atoms with E-state index in [0.29, 0.717) is 10.9 Å². The van der Waals surface area contributed by atoms with Crippen LogP contribution < -0.4 is 15.0 Å². The van der Waals surface area contributed by atoms with Crippen LogP contribution in [0.5, 0.6) is 11.5 Å². The van der Waals surface area contributed by atoms with Gasteiger partial charge in [-0.15, -0.1) is 0 Å². The van der Waals surface area contributed by atoms with Crippen LogP contribution >= 0.6 is 0 Å². The Balaban J connectivity index is 2.81. The maximum Gasteiger partial charge on any atom is 0.308 e. The number of carbonyl (C=O) groups excluding carboxylic acids is 1. The van der Waals surface area contributed by atoms with Gasteiger partial charge < -0.3 is 14.0 Å². The van der Waals surface area contributed by atoms with Gasteiger partial charge >= 0.3 is 5.97 Å². The number of carbonyl (C=O) groups is 1. The molecule has 0 saturated heterocycles. The van der Waals surface area contributed by atoms with Gasteiger partial charge in [0.05, 0.1) is 10.4 Å². The van der Waals surface area contributed by atoms with Gasteiger partial charge in [-0.05, 0) is 32.9 Å². The lowest BCUT2D eigenvalue weighted by molar-refractivity contribution is -0.384. The zero-order valence-electron chi connectivity index (χ0n) is 15.1. The molecule has 0 atom stereocenters. The number of aromatic nitrogens is 1. The van der Waals surface area contributed by atoms with Gasteiger partial charge in [-0.1, -0.05) is 5.57 Å². The molecule has 1 aromatic carbocycles. The average Bonchev–Trinajstić information content (AvgIpc) is 2.56. The Labute approximate surface area is 149 Å². The fraction of sp³-hybridized carbons (Fsp3) is 0.333. The Morgan fingerprint density at radius 2 is 1.96 bits per heavy atom. The molecular formula is C18H20N2O6. The Kier molecular flexibility index (Phi) is 5.76. The number of hydrogen-bond donors (Lipinski definition) is 0. The molecule has 0 N–H and O–H groups in total. The molecule has 26 heavy (non-hydrogen) atoms. The number of nitro benzene ring substituents is 1. The highest BCUT2D eigenvalue weighted by Gasteiger charge is 2.22. The molecule has 0 radical (unpaired) electrons. The van der Waals surface area contributed by atoms with Gasteiger partial charge in [-0.2, -0.15) is 0 Å². The normalized spacial score (nSPS) is 10.5. The number of benzene rings is 1. The fourth-order valence-electron chi connectivity index (χ4n) is 2.48. The third-order valence-corrected chi connectivity index (χ3v) is 3.65. The van der Waals surface area contributed by atoms with Crippen molar-refractivity contribution in [3.05, 3.63) is 50.3 Å². The van der Waals surface area contributed by atoms with Crippen molar-refractivity contribution in [1.29, 1.82) is 0 Å². The minimum atomic E-state index is -0.655. The fourth-order valence-corrected chi connectivity index (χ4v) is 2.48. The lowest BCUT2D eigenvalue weighted by Crippen LogP contribution is -2.24. The third kappa shape index (κ3) is 3.90. The van der Waals surface area contributed by atoms with Gasteiger partial charge in [0.25, 0.3) is 11.2 Å². The monoisotopic (exact) mass is 360 g/mol. The quantitative estimate of drug-likeness (QED) is 0.339. The van der Waals surface area contributed by atoms with Crippen LogP contribution in [-0.2, 0) is 11.3 Å². The first-order valence-corrected chi connectivity index (χ1v) is 8.05. The number of allylic oxidation sites excluding steroid dienone is 1. The van der Waals surface area contributed by atoms with E-state index in [2.05, 4.69) is 0 Å². The van der Waals surface area contributed by atoms with E-state index >= 15 is 0 Å². The van der Waals surface area contributed by atoms with Crippen LogP contribution in [0.3, 0.4) is 0 Å². The molecule has 138 valence electrons. The van der Waals surface area contributed by atoms with Crippen LogP contribution in [-0.4, -0.2) is 22.1 Å². The molecule has 8 heteroatoms. The van der Waals surface area contributed by atoms with E-state index in [1.165, 1.54) is 29.7 Å². The van der Waals surface area contributed by atoms with Crippen LogP contribution in [0.15, 0.2) is 34.6 Å². The molecule has 2 aromatic rings. The van der Waals surface area contributed by atoms with E-state index in [0.717, 1.165) is 5.57 Å². The molecule has 0 aliphatic heterocycles. The van der Waals surface area contributed by atoms with Crippen LogP contribution in [0, 0.1) is 10.1 Å². The summed E-state index contributed by atoms with van der Waals surface area (Å²) in [7, 11) is 0. The second-order valence-electron chi connectivity index (χ2n) is 5.85. The molecule has 0 unspecified atom stereocenters. The summed E-state index contributed by atoms with van der Waals surface area (Å²) in [6.45, 7) is 7.12. The number of non-ortho nitro benzene ring substituents is 1. The highest BCUT2D eigenvalue weighted by molar-refractivity contribution is 5.90. The van der Waals surface area contributed by atoms with E-state index in [9.17, 15) is 19.7 Å². The van der Waals surface area contributed by atoms with Crippen molar-refractivity contribution in [3.63, 3.8) is 0 Å². The van der Waals surface area contributed by atoms with Crippen molar-refractivity contribution < 1.29 is 19.2 Å². The lowest BCUT2D eigenvalue weighted by Gasteiger charge is -2.16. The maximum atomic E-state index is 12.8. The number of nitro groups is 1. The van der Waals surface area contributed by atoms with Crippen LogP contribution in [0.25, 0.3) is 10.9 Å². The Morgan fingerprint density at radius 1 is 1.27 bits per heavy atom. The van der Waals surface area contributed by atoms with Crippen molar-refractivity contribution in [2.75, 3.05) is 6.61 Å². The molecule has 0 aliphatic rings. The first-order valence-electron chi connectivity index (χ1n) is 8.05. The summed E-state index contributed by atoms with van der Waals surface area (Å²) in [4.78, 5) is 34.8. The summed E-state index contributed by atoms with van der Waals surface area (Å²) in [6.07, 6.45) is 1.81. The number of pyridine rings is 1. The van der Waals surface area contributed by atoms with Gasteiger partial charge in [0.2, 0.25) is 5.75 Å². The van der Waals surface area contributed by atoms with E-state index < -0.39 is 16.5 Å². The number of fused-ring (bicyclic) bond motifs is 1. The number of hydrogen-bond acceptors (Lipinski definition) is 6. The van der Waals surface area contributed by atoms with E-state index in [1.54, 1.807) is 13.0 Å². The van der Waals surface area contributed by atoms with Crippen molar-refractivity contribution in [2.24, 2.45) is 0 Å². The number of ether oxygens (including phenoxy) is 2. The maximum absolute atomic E-state index is 12.8. The van der Waals surface area contributed by atoms with E-state index in [-0.39, 0.29) is 30.3 Å². The SMILES string of the molecule is CCn1c(=O)c(OC(C)=O)c(OCC=C(C)C)c2ccc([N+](=O)[O-])cc21. The number of nitrogens with zero attached hydrogens (tertiary/aromatic N) is 2. The average molecular weight is 360 g/mol. The lowest BCUT2D eigenvalue weighted by atomic mass is 10.1. The summed E-state index contributed by atoms with van der Waals surface area (Å²) in [5.74, 6) is -0.779.